The van der Waals surface area contributed by atoms with Crippen LogP contribution in [0.2, 0.25) is 0 Å². The van der Waals surface area contributed by atoms with Gasteiger partial charge in [-0.05, 0) is 17.7 Å². The predicted molar refractivity (Wildman–Crippen MR) is 89.9 cm³/mol. The van der Waals surface area contributed by atoms with E-state index >= 15 is 0 Å². The molecule has 1 aromatic rings. The summed E-state index contributed by atoms with van der Waals surface area (Å²) in [4.78, 5) is 10.8. The van der Waals surface area contributed by atoms with E-state index in [1.165, 1.54) is 4.90 Å². The highest BCUT2D eigenvalue weighted by molar-refractivity contribution is 8.04. The van der Waals surface area contributed by atoms with Crippen molar-refractivity contribution in [1.82, 2.24) is 10.2 Å². The molecule has 0 aliphatic carbocycles. The topological polar surface area (TPSA) is 65.4 Å². The summed E-state index contributed by atoms with van der Waals surface area (Å²) in [7, 11) is 0. The molecule has 0 bridgehead atoms. The molecular weight excluding hydrogens is 424 g/mol. The first kappa shape index (κ1) is 21.3. The summed E-state index contributed by atoms with van der Waals surface area (Å²) in [5, 5.41) is 10.9. The number of benzene rings is 1. The standard InChI is InChI=1S/C17H13F6N3O2S/c18-16(19,20)11-3-1-10(2-4-11)15(17(21,22)23)25-13(27)12(9-24)14(29-15)26-5-7-28-8-6-26/h1-4H,5-8H2,(H,25,27). The lowest BCUT2D eigenvalue weighted by molar-refractivity contribution is -0.174. The van der Waals surface area contributed by atoms with Crippen LogP contribution in [-0.2, 0) is 20.6 Å². The number of halogens is 6. The third kappa shape index (κ3) is 3.89. The molecule has 1 unspecified atom stereocenters. The van der Waals surface area contributed by atoms with Gasteiger partial charge in [0, 0.05) is 13.1 Å². The van der Waals surface area contributed by atoms with Gasteiger partial charge in [-0.3, -0.25) is 4.79 Å². The fourth-order valence-corrected chi connectivity index (χ4v) is 4.30. The Hall–Kier alpha value is -2.39. The number of rotatable bonds is 2. The molecule has 3 rings (SSSR count). The Kier molecular flexibility index (Phi) is 5.48. The second kappa shape index (κ2) is 7.46. The number of carbonyl (C=O) groups is 1. The molecule has 2 heterocycles. The monoisotopic (exact) mass is 437 g/mol. The van der Waals surface area contributed by atoms with Crippen LogP contribution >= 0.6 is 11.8 Å². The van der Waals surface area contributed by atoms with Crippen LogP contribution in [-0.4, -0.2) is 43.3 Å². The minimum Gasteiger partial charge on any atom is -0.378 e. The molecule has 1 fully saturated rings. The van der Waals surface area contributed by atoms with Crippen molar-refractivity contribution in [3.63, 3.8) is 0 Å². The first-order chi connectivity index (χ1) is 13.5. The molecule has 12 heteroatoms. The molecule has 1 aromatic carbocycles. The van der Waals surface area contributed by atoms with Gasteiger partial charge >= 0.3 is 12.4 Å². The summed E-state index contributed by atoms with van der Waals surface area (Å²) >= 11 is 0.185. The number of alkyl halides is 6. The van der Waals surface area contributed by atoms with Gasteiger partial charge < -0.3 is 15.0 Å². The molecule has 0 saturated carbocycles. The first-order valence-corrected chi connectivity index (χ1v) is 9.04. The minimum atomic E-state index is -5.06. The molecule has 29 heavy (non-hydrogen) atoms. The van der Waals surface area contributed by atoms with E-state index < -0.39 is 39.8 Å². The van der Waals surface area contributed by atoms with Crippen molar-refractivity contribution in [2.24, 2.45) is 0 Å². The van der Waals surface area contributed by atoms with Gasteiger partial charge in [0.15, 0.2) is 0 Å². The van der Waals surface area contributed by atoms with Crippen LogP contribution in [0.4, 0.5) is 26.3 Å². The Bertz CT molecular complexity index is 869. The van der Waals surface area contributed by atoms with Gasteiger partial charge in [0.05, 0.1) is 23.8 Å². The van der Waals surface area contributed by atoms with Crippen LogP contribution in [0.1, 0.15) is 11.1 Å². The lowest BCUT2D eigenvalue weighted by atomic mass is 10.0. The van der Waals surface area contributed by atoms with E-state index in [4.69, 9.17) is 4.74 Å². The van der Waals surface area contributed by atoms with E-state index in [-0.39, 0.29) is 43.1 Å². The van der Waals surface area contributed by atoms with E-state index in [9.17, 15) is 36.4 Å². The second-order valence-corrected chi connectivity index (χ2v) is 7.40. The van der Waals surface area contributed by atoms with Crippen molar-refractivity contribution in [1.29, 1.82) is 5.26 Å². The number of morpholine rings is 1. The number of hydrogen-bond acceptors (Lipinski definition) is 5. The third-order valence-electron chi connectivity index (χ3n) is 4.41. The van der Waals surface area contributed by atoms with Crippen LogP contribution in [0.3, 0.4) is 0 Å². The van der Waals surface area contributed by atoms with Crippen molar-refractivity contribution in [3.8, 4) is 6.07 Å². The van der Waals surface area contributed by atoms with E-state index in [0.29, 0.717) is 24.3 Å². The number of hydrogen-bond donors (Lipinski definition) is 1. The lowest BCUT2D eigenvalue weighted by Gasteiger charge is -2.43. The summed E-state index contributed by atoms with van der Waals surface area (Å²) in [5.41, 5.74) is -2.19. The summed E-state index contributed by atoms with van der Waals surface area (Å²) in [5.74, 6) is -1.25. The summed E-state index contributed by atoms with van der Waals surface area (Å²) < 4.78 is 86.0. The molecule has 0 radical (unpaired) electrons. The highest BCUT2D eigenvalue weighted by Crippen LogP contribution is 2.53. The van der Waals surface area contributed by atoms with Crippen molar-refractivity contribution in [2.45, 2.75) is 17.2 Å². The van der Waals surface area contributed by atoms with Gasteiger partial charge in [0.1, 0.15) is 11.6 Å². The molecule has 1 amide bonds. The zero-order valence-corrected chi connectivity index (χ0v) is 15.3. The van der Waals surface area contributed by atoms with Crippen molar-refractivity contribution < 1.29 is 35.9 Å². The molecule has 2 aliphatic rings. The van der Waals surface area contributed by atoms with Crippen LogP contribution in [0.5, 0.6) is 0 Å². The Morgan fingerprint density at radius 2 is 1.69 bits per heavy atom. The molecule has 1 saturated heterocycles. The van der Waals surface area contributed by atoms with Crippen LogP contribution < -0.4 is 5.32 Å². The van der Waals surface area contributed by atoms with E-state index in [1.54, 1.807) is 11.4 Å². The quantitative estimate of drug-likeness (QED) is 0.719. The zero-order valence-electron chi connectivity index (χ0n) is 14.5. The molecule has 1 atom stereocenters. The Balaban J connectivity index is 2.11. The van der Waals surface area contributed by atoms with Crippen LogP contribution in [0, 0.1) is 11.3 Å². The average molecular weight is 437 g/mol. The molecule has 5 nitrogen and oxygen atoms in total. The highest BCUT2D eigenvalue weighted by atomic mass is 32.2. The fourth-order valence-electron chi connectivity index (χ4n) is 2.95. The number of nitrogens with zero attached hydrogens (tertiary/aromatic N) is 2. The maximum Gasteiger partial charge on any atom is 0.425 e. The molecule has 2 aliphatic heterocycles. The molecule has 1 N–H and O–H groups in total. The van der Waals surface area contributed by atoms with Gasteiger partial charge in [-0.15, -0.1) is 0 Å². The Morgan fingerprint density at radius 1 is 1.10 bits per heavy atom. The first-order valence-electron chi connectivity index (χ1n) is 8.22. The predicted octanol–water partition coefficient (Wildman–Crippen LogP) is 3.35. The average Bonchev–Trinajstić information content (AvgIpc) is 2.66. The van der Waals surface area contributed by atoms with E-state index in [1.807, 2.05) is 0 Å². The molecule has 156 valence electrons. The maximum atomic E-state index is 14.2. The van der Waals surface area contributed by atoms with Gasteiger partial charge in [-0.25, -0.2) is 0 Å². The van der Waals surface area contributed by atoms with Gasteiger partial charge in [0.25, 0.3) is 5.91 Å². The van der Waals surface area contributed by atoms with Gasteiger partial charge in [-0.2, -0.15) is 31.6 Å². The van der Waals surface area contributed by atoms with Gasteiger partial charge in [0.2, 0.25) is 4.87 Å². The fraction of sp³-hybridized carbons (Fsp3) is 0.412. The van der Waals surface area contributed by atoms with Crippen LogP contribution in [0.25, 0.3) is 0 Å². The SMILES string of the molecule is N#CC1=C(N2CCOCC2)SC(c2ccc(C(F)(F)F)cc2)(C(F)(F)F)NC1=O. The molecule has 0 aromatic heterocycles. The highest BCUT2D eigenvalue weighted by Gasteiger charge is 2.61. The summed E-state index contributed by atoms with van der Waals surface area (Å²) in [6.07, 6.45) is -9.79. The zero-order chi connectivity index (χ0) is 21.4. The van der Waals surface area contributed by atoms with Crippen molar-refractivity contribution in [3.05, 3.63) is 46.0 Å². The minimum absolute atomic E-state index is 0.168. The van der Waals surface area contributed by atoms with Crippen molar-refractivity contribution in [2.75, 3.05) is 26.3 Å². The number of ether oxygens (including phenoxy) is 1. The van der Waals surface area contributed by atoms with Crippen molar-refractivity contribution >= 4 is 17.7 Å². The van der Waals surface area contributed by atoms with E-state index in [2.05, 4.69) is 0 Å². The van der Waals surface area contributed by atoms with Gasteiger partial charge in [-0.1, -0.05) is 23.9 Å². The smallest absolute Gasteiger partial charge is 0.378 e. The lowest BCUT2D eigenvalue weighted by Crippen LogP contribution is -2.57. The summed E-state index contributed by atoms with van der Waals surface area (Å²) in [6.45, 7) is 0.733. The number of thioether (sulfide) groups is 1. The maximum absolute atomic E-state index is 14.2. The molecular formula is C17H13F6N3O2S. The number of amides is 1. The third-order valence-corrected chi connectivity index (χ3v) is 5.94. The van der Waals surface area contributed by atoms with Crippen LogP contribution in [0.15, 0.2) is 34.9 Å². The number of nitriles is 1. The second-order valence-electron chi connectivity index (χ2n) is 6.20. The normalized spacial score (nSPS) is 23.6. The van der Waals surface area contributed by atoms with E-state index in [0.717, 1.165) is 0 Å². The summed E-state index contributed by atoms with van der Waals surface area (Å²) in [6, 6.07) is 4.02. The number of carbonyl (C=O) groups excluding carboxylic acids is 1. The largest absolute Gasteiger partial charge is 0.425 e. The number of nitrogens with one attached hydrogen (secondary N) is 1. The molecule has 0 spiro atoms. The Labute approximate surface area is 165 Å². The Morgan fingerprint density at radius 3 is 2.17 bits per heavy atom.